The second kappa shape index (κ2) is 11.9. The van der Waals surface area contributed by atoms with Gasteiger partial charge in [-0.3, -0.25) is 19.9 Å². The molecular weight excluding hydrogens is 486 g/mol. The highest BCUT2D eigenvalue weighted by Crippen LogP contribution is 2.38. The number of urea groups is 1. The van der Waals surface area contributed by atoms with E-state index in [0.717, 1.165) is 69.3 Å². The van der Waals surface area contributed by atoms with Crippen molar-refractivity contribution in [3.63, 3.8) is 0 Å². The molecule has 3 aliphatic heterocycles. The molecule has 11 heteroatoms. The second-order valence-corrected chi connectivity index (χ2v) is 9.84. The normalized spacial score (nSPS) is 19.7. The Morgan fingerprint density at radius 3 is 2.89 bits per heavy atom. The molecule has 2 fully saturated rings. The molecule has 0 saturated carbocycles. The number of carbonyl (C=O) groups is 2. The Kier molecular flexibility index (Phi) is 8.12. The quantitative estimate of drug-likeness (QED) is 0.399. The van der Waals surface area contributed by atoms with Gasteiger partial charge in [-0.2, -0.15) is 5.26 Å². The van der Waals surface area contributed by atoms with Gasteiger partial charge in [-0.25, -0.2) is 14.8 Å². The Labute approximate surface area is 222 Å². The first kappa shape index (κ1) is 26.0. The number of hydrogen-bond donors (Lipinski definition) is 2. The van der Waals surface area contributed by atoms with Gasteiger partial charge in [-0.05, 0) is 49.4 Å². The van der Waals surface area contributed by atoms with E-state index < -0.39 is 0 Å². The summed E-state index contributed by atoms with van der Waals surface area (Å²) in [7, 11) is 1.60. The Morgan fingerprint density at radius 1 is 1.29 bits per heavy atom. The molecule has 0 radical (unpaired) electrons. The summed E-state index contributed by atoms with van der Waals surface area (Å²) in [6.45, 7) is 3.91. The van der Waals surface area contributed by atoms with Gasteiger partial charge >= 0.3 is 6.03 Å². The Bertz CT molecular complexity index is 1230. The van der Waals surface area contributed by atoms with Gasteiger partial charge in [0.25, 0.3) is 0 Å². The van der Waals surface area contributed by atoms with E-state index in [2.05, 4.69) is 32.7 Å². The summed E-state index contributed by atoms with van der Waals surface area (Å²) >= 11 is 0. The zero-order chi connectivity index (χ0) is 26.5. The van der Waals surface area contributed by atoms with Crippen molar-refractivity contribution in [2.24, 2.45) is 0 Å². The van der Waals surface area contributed by atoms with Crippen LogP contribution in [0.1, 0.15) is 58.9 Å². The molecule has 0 spiro atoms. The van der Waals surface area contributed by atoms with Gasteiger partial charge in [-0.15, -0.1) is 0 Å². The molecule has 38 heavy (non-hydrogen) atoms. The first-order valence-corrected chi connectivity index (χ1v) is 13.2. The molecule has 3 aliphatic rings. The number of anilines is 3. The maximum Gasteiger partial charge on any atom is 0.328 e. The number of amides is 2. The van der Waals surface area contributed by atoms with E-state index in [1.165, 1.54) is 6.20 Å². The Morgan fingerprint density at radius 2 is 2.16 bits per heavy atom. The number of pyridine rings is 2. The fourth-order valence-corrected chi connectivity index (χ4v) is 5.45. The number of nitriles is 1. The predicted octanol–water partition coefficient (Wildman–Crippen LogP) is 3.13. The number of carbonyl (C=O) groups excluding carboxylic acids is 2. The van der Waals surface area contributed by atoms with Crippen LogP contribution in [0.15, 0.2) is 18.3 Å². The molecule has 2 amide bonds. The largest absolute Gasteiger partial charge is 0.383 e. The average Bonchev–Trinajstić information content (AvgIpc) is 2.91. The van der Waals surface area contributed by atoms with E-state index >= 15 is 0 Å². The molecule has 0 aliphatic carbocycles. The van der Waals surface area contributed by atoms with Crippen LogP contribution in [0.4, 0.5) is 22.1 Å². The third kappa shape index (κ3) is 5.34. The molecule has 0 bridgehead atoms. The Hall–Kier alpha value is -3.59. The second-order valence-electron chi connectivity index (χ2n) is 9.84. The van der Waals surface area contributed by atoms with Crippen molar-refractivity contribution in [2.75, 3.05) is 62.1 Å². The lowest BCUT2D eigenvalue weighted by Gasteiger charge is -2.45. The molecule has 11 nitrogen and oxygen atoms in total. The van der Waals surface area contributed by atoms with Crippen LogP contribution in [0, 0.1) is 11.3 Å². The molecule has 2 aromatic rings. The Balaban J connectivity index is 1.38. The summed E-state index contributed by atoms with van der Waals surface area (Å²) in [6.07, 6.45) is 7.05. The van der Waals surface area contributed by atoms with Crippen molar-refractivity contribution in [2.45, 2.75) is 44.2 Å². The molecule has 5 heterocycles. The maximum atomic E-state index is 13.3. The number of piperidine rings is 1. The van der Waals surface area contributed by atoms with Crippen LogP contribution in [0.5, 0.6) is 0 Å². The fourth-order valence-electron chi connectivity index (χ4n) is 5.45. The SMILES string of the molecule is COCCNc1cc(NC(=O)N2CCCc3cc(C4CCCCN4C4COC4)c(C=O)nc32)ncc1C#N. The highest BCUT2D eigenvalue weighted by Gasteiger charge is 2.36. The number of hydrogen-bond acceptors (Lipinski definition) is 9. The number of aryl methyl sites for hydroxylation is 1. The van der Waals surface area contributed by atoms with Gasteiger partial charge in [0.05, 0.1) is 37.1 Å². The predicted molar refractivity (Wildman–Crippen MR) is 142 cm³/mol. The van der Waals surface area contributed by atoms with Crippen molar-refractivity contribution in [3.05, 3.63) is 40.7 Å². The first-order chi connectivity index (χ1) is 18.6. The summed E-state index contributed by atoms with van der Waals surface area (Å²) in [6, 6.07) is 5.95. The third-order valence-electron chi connectivity index (χ3n) is 7.45. The zero-order valence-corrected chi connectivity index (χ0v) is 21.6. The van der Waals surface area contributed by atoms with Crippen molar-refractivity contribution in [1.82, 2.24) is 14.9 Å². The summed E-state index contributed by atoms with van der Waals surface area (Å²) in [5.41, 5.74) is 3.25. The molecule has 5 rings (SSSR count). The van der Waals surface area contributed by atoms with Crippen LogP contribution in [-0.4, -0.2) is 79.8 Å². The molecule has 2 N–H and O–H groups in total. The van der Waals surface area contributed by atoms with E-state index in [1.807, 2.05) is 0 Å². The van der Waals surface area contributed by atoms with Gasteiger partial charge in [0.2, 0.25) is 0 Å². The van der Waals surface area contributed by atoms with Gasteiger partial charge in [-0.1, -0.05) is 6.42 Å². The standard InChI is InChI=1S/C27H33N7O4/c1-37-10-7-29-22-12-25(30-14-19(22)13-28)32-27(36)34-9-4-5-18-11-21(23(15-35)31-26(18)34)24-6-2-3-8-33(24)20-16-38-17-20/h11-12,14-15,20,24H,2-10,16-17H2,1H3,(H2,29,30,32,36). The van der Waals surface area contributed by atoms with E-state index in [9.17, 15) is 14.9 Å². The minimum Gasteiger partial charge on any atom is -0.383 e. The molecule has 2 saturated heterocycles. The summed E-state index contributed by atoms with van der Waals surface area (Å²) < 4.78 is 10.5. The number of aromatic nitrogens is 2. The van der Waals surface area contributed by atoms with E-state index in [4.69, 9.17) is 14.5 Å². The highest BCUT2D eigenvalue weighted by molar-refractivity contribution is 6.01. The third-order valence-corrected chi connectivity index (χ3v) is 7.45. The maximum absolute atomic E-state index is 13.3. The van der Waals surface area contributed by atoms with Crippen LogP contribution in [0.2, 0.25) is 0 Å². The summed E-state index contributed by atoms with van der Waals surface area (Å²) in [4.78, 5) is 38.6. The summed E-state index contributed by atoms with van der Waals surface area (Å²) in [5, 5.41) is 15.4. The minimum absolute atomic E-state index is 0.131. The molecule has 1 atom stereocenters. The average molecular weight is 520 g/mol. The minimum atomic E-state index is -0.381. The van der Waals surface area contributed by atoms with Crippen LogP contribution in [-0.2, 0) is 15.9 Å². The van der Waals surface area contributed by atoms with Crippen LogP contribution in [0.3, 0.4) is 0 Å². The monoisotopic (exact) mass is 519 g/mol. The lowest BCUT2D eigenvalue weighted by molar-refractivity contribution is -0.0881. The van der Waals surface area contributed by atoms with Crippen LogP contribution >= 0.6 is 0 Å². The molecule has 1 unspecified atom stereocenters. The number of rotatable bonds is 8. The number of likely N-dealkylation sites (tertiary alicyclic amines) is 1. The molecular formula is C27H33N7O4. The van der Waals surface area contributed by atoms with E-state index in [1.54, 1.807) is 18.1 Å². The lowest BCUT2D eigenvalue weighted by Crippen LogP contribution is -2.52. The van der Waals surface area contributed by atoms with Crippen molar-refractivity contribution < 1.29 is 19.1 Å². The van der Waals surface area contributed by atoms with E-state index in [-0.39, 0.29) is 12.1 Å². The van der Waals surface area contributed by atoms with Crippen molar-refractivity contribution >= 4 is 29.6 Å². The van der Waals surface area contributed by atoms with Gasteiger partial charge < -0.3 is 14.8 Å². The number of ether oxygens (including phenoxy) is 2. The van der Waals surface area contributed by atoms with Crippen LogP contribution < -0.4 is 15.5 Å². The number of nitrogens with zero attached hydrogens (tertiary/aromatic N) is 5. The fraction of sp³-hybridized carbons (Fsp3) is 0.519. The molecule has 2 aromatic heterocycles. The smallest absolute Gasteiger partial charge is 0.328 e. The highest BCUT2D eigenvalue weighted by atomic mass is 16.5. The topological polar surface area (TPSA) is 133 Å². The van der Waals surface area contributed by atoms with Gasteiger partial charge in [0.15, 0.2) is 6.29 Å². The van der Waals surface area contributed by atoms with Gasteiger partial charge in [0.1, 0.15) is 23.4 Å². The van der Waals surface area contributed by atoms with Crippen LogP contribution in [0.25, 0.3) is 0 Å². The van der Waals surface area contributed by atoms with Gasteiger partial charge in [0, 0.05) is 38.5 Å². The number of aldehydes is 1. The summed E-state index contributed by atoms with van der Waals surface area (Å²) in [5.74, 6) is 0.829. The van der Waals surface area contributed by atoms with Crippen molar-refractivity contribution in [1.29, 1.82) is 5.26 Å². The zero-order valence-electron chi connectivity index (χ0n) is 21.6. The number of methoxy groups -OCH3 is 1. The lowest BCUT2D eigenvalue weighted by atomic mass is 9.90. The van der Waals surface area contributed by atoms with Crippen molar-refractivity contribution in [3.8, 4) is 6.07 Å². The number of fused-ring (bicyclic) bond motifs is 1. The number of nitrogens with one attached hydrogen (secondary N) is 2. The molecule has 0 aromatic carbocycles. The van der Waals surface area contributed by atoms with E-state index in [0.29, 0.717) is 54.3 Å². The molecule has 200 valence electrons. The first-order valence-electron chi connectivity index (χ1n) is 13.2.